The number of methoxy groups -OCH3 is 1. The van der Waals surface area contributed by atoms with Gasteiger partial charge >= 0.3 is 6.03 Å². The number of nitrogens with zero attached hydrogens (tertiary/aromatic N) is 3. The number of anilines is 1. The van der Waals surface area contributed by atoms with E-state index in [9.17, 15) is 28.8 Å². The summed E-state index contributed by atoms with van der Waals surface area (Å²) >= 11 is 13.8. The molecule has 4 aliphatic heterocycles. The van der Waals surface area contributed by atoms with Crippen molar-refractivity contribution in [3.8, 4) is 22.6 Å². The zero-order chi connectivity index (χ0) is 54.9. The van der Waals surface area contributed by atoms with Crippen LogP contribution in [0.25, 0.3) is 11.1 Å². The Kier molecular flexibility index (Phi) is 18.9. The van der Waals surface area contributed by atoms with Gasteiger partial charge in [-0.15, -0.1) is 0 Å². The Morgan fingerprint density at radius 1 is 0.821 bits per heavy atom. The molecule has 78 heavy (non-hydrogen) atoms. The zero-order valence-corrected chi connectivity index (χ0v) is 45.7. The molecule has 416 valence electrons. The third kappa shape index (κ3) is 13.4. The summed E-state index contributed by atoms with van der Waals surface area (Å²) in [6, 6.07) is 20.6. The van der Waals surface area contributed by atoms with Crippen LogP contribution in [0.3, 0.4) is 0 Å². The van der Waals surface area contributed by atoms with E-state index >= 15 is 4.39 Å². The van der Waals surface area contributed by atoms with Crippen LogP contribution < -0.4 is 36.1 Å². The number of piperidine rings is 2. The van der Waals surface area contributed by atoms with Gasteiger partial charge in [-0.2, -0.15) is 0 Å². The molecule has 4 saturated heterocycles. The number of carbonyl (C=O) groups is 6. The van der Waals surface area contributed by atoms with Gasteiger partial charge in [0, 0.05) is 111 Å². The number of nitrogens with one attached hydrogen (secondary N) is 3. The third-order valence-electron chi connectivity index (χ3n) is 16.4. The van der Waals surface area contributed by atoms with Gasteiger partial charge in [0.15, 0.2) is 11.6 Å². The van der Waals surface area contributed by atoms with Crippen molar-refractivity contribution in [1.29, 1.82) is 0 Å². The van der Waals surface area contributed by atoms with E-state index in [1.165, 1.54) is 24.1 Å². The van der Waals surface area contributed by atoms with E-state index in [0.717, 1.165) is 63.4 Å². The van der Waals surface area contributed by atoms with Crippen molar-refractivity contribution in [2.45, 2.75) is 102 Å². The number of hydrogen-bond acceptors (Lipinski definition) is 10. The van der Waals surface area contributed by atoms with Gasteiger partial charge < -0.3 is 40.4 Å². The van der Waals surface area contributed by atoms with Crippen LogP contribution in [-0.2, 0) is 19.1 Å². The minimum Gasteiger partial charge on any atom is -0.495 e. The molecule has 19 heteroatoms. The smallest absolute Gasteiger partial charge is 0.328 e. The molecule has 5 aliphatic rings. The molecule has 4 aromatic carbocycles. The van der Waals surface area contributed by atoms with Gasteiger partial charge in [-0.05, 0) is 130 Å². The number of halogens is 3. The lowest BCUT2D eigenvalue weighted by atomic mass is 9.84. The number of amides is 7. The van der Waals surface area contributed by atoms with E-state index in [4.69, 9.17) is 43.1 Å². The van der Waals surface area contributed by atoms with Crippen molar-refractivity contribution < 1.29 is 47.4 Å². The van der Waals surface area contributed by atoms with Crippen LogP contribution in [0.15, 0.2) is 72.8 Å². The topological polar surface area (TPSA) is 202 Å². The predicted octanol–water partition coefficient (Wildman–Crippen LogP) is 8.88. The highest BCUT2D eigenvalue weighted by Crippen LogP contribution is 2.43. The lowest BCUT2D eigenvalue weighted by Crippen LogP contribution is -2.49. The largest absolute Gasteiger partial charge is 0.495 e. The third-order valence-corrected chi connectivity index (χ3v) is 17.1. The van der Waals surface area contributed by atoms with E-state index < -0.39 is 17.8 Å². The highest BCUT2D eigenvalue weighted by Gasteiger charge is 2.35. The summed E-state index contributed by atoms with van der Waals surface area (Å²) < 4.78 is 33.6. The summed E-state index contributed by atoms with van der Waals surface area (Å²) in [7, 11) is 1.48. The Balaban J connectivity index is 0.720. The van der Waals surface area contributed by atoms with Crippen LogP contribution >= 0.6 is 23.2 Å². The SMILES string of the molecule is COc1ccc(C(=O)N2CCC(C(=O)N3CCC(CCNC(=O)C4CCC(NCC(c5ccccc5)c5cc(-c6c(C(N)=O)ccc(OCCC7CCCO7)c6F)c(Cl)cc5Cl)CC4)CC3)CC2)cc1N1CCC(=O)NC1=O. The monoisotopic (exact) mass is 1110 g/mol. The molecule has 4 heterocycles. The average Bonchev–Trinajstić information content (AvgIpc) is 4.00. The fourth-order valence-electron chi connectivity index (χ4n) is 11.9. The molecule has 0 aromatic heterocycles. The first-order valence-corrected chi connectivity index (χ1v) is 28.3. The van der Waals surface area contributed by atoms with E-state index in [-0.39, 0.29) is 101 Å². The van der Waals surface area contributed by atoms with Crippen LogP contribution in [-0.4, -0.2) is 124 Å². The Labute approximate surface area is 465 Å². The molecule has 4 aromatic rings. The minimum absolute atomic E-state index is 0.0159. The molecule has 0 bridgehead atoms. The molecule has 0 radical (unpaired) electrons. The number of primary amides is 1. The van der Waals surface area contributed by atoms with Gasteiger partial charge in [-0.3, -0.25) is 34.2 Å². The number of imide groups is 1. The van der Waals surface area contributed by atoms with Crippen molar-refractivity contribution in [3.63, 3.8) is 0 Å². The second-order valence-corrected chi connectivity index (χ2v) is 22.1. The molecule has 9 rings (SSSR count). The van der Waals surface area contributed by atoms with Gasteiger partial charge in [0.1, 0.15) is 5.75 Å². The van der Waals surface area contributed by atoms with E-state index in [1.807, 2.05) is 35.2 Å². The molecule has 2 unspecified atom stereocenters. The predicted molar refractivity (Wildman–Crippen MR) is 296 cm³/mol. The van der Waals surface area contributed by atoms with E-state index in [2.05, 4.69) is 16.0 Å². The molecule has 2 atom stereocenters. The Bertz CT molecular complexity index is 2830. The number of benzene rings is 4. The minimum atomic E-state index is -0.806. The first kappa shape index (κ1) is 56.5. The first-order valence-electron chi connectivity index (χ1n) is 27.6. The normalized spacial score (nSPS) is 20.8. The van der Waals surface area contributed by atoms with Gasteiger partial charge in [0.2, 0.25) is 23.6 Å². The maximum absolute atomic E-state index is 16.5. The van der Waals surface area contributed by atoms with Crippen molar-refractivity contribution in [1.82, 2.24) is 25.8 Å². The second kappa shape index (κ2) is 26.1. The van der Waals surface area contributed by atoms with Gasteiger partial charge in [-0.25, -0.2) is 9.18 Å². The number of urea groups is 1. The number of nitrogens with two attached hydrogens (primary N) is 1. The van der Waals surface area contributed by atoms with Gasteiger partial charge in [0.05, 0.1) is 36.1 Å². The average molecular weight is 1110 g/mol. The van der Waals surface area contributed by atoms with E-state index in [1.54, 1.807) is 35.2 Å². The van der Waals surface area contributed by atoms with Crippen LogP contribution in [0.5, 0.6) is 11.5 Å². The van der Waals surface area contributed by atoms with Crippen molar-refractivity contribution in [2.24, 2.45) is 23.5 Å². The molecule has 0 spiro atoms. The second-order valence-electron chi connectivity index (χ2n) is 21.3. The van der Waals surface area contributed by atoms with Gasteiger partial charge in [-0.1, -0.05) is 53.5 Å². The van der Waals surface area contributed by atoms with Crippen LogP contribution in [0.4, 0.5) is 14.9 Å². The zero-order valence-electron chi connectivity index (χ0n) is 44.2. The number of rotatable bonds is 19. The van der Waals surface area contributed by atoms with Crippen LogP contribution in [0, 0.1) is 23.6 Å². The number of hydrogen-bond donors (Lipinski definition) is 4. The number of carbonyl (C=O) groups excluding carboxylic acids is 6. The Morgan fingerprint density at radius 3 is 2.24 bits per heavy atom. The van der Waals surface area contributed by atoms with E-state index in [0.29, 0.717) is 98.6 Å². The molecular formula is C59H70Cl2FN7O9. The molecule has 1 aliphatic carbocycles. The number of ether oxygens (including phenoxy) is 3. The van der Waals surface area contributed by atoms with Crippen molar-refractivity contribution >= 4 is 64.5 Å². The quantitative estimate of drug-likeness (QED) is 0.0703. The number of likely N-dealkylation sites (tertiary alicyclic amines) is 2. The summed E-state index contributed by atoms with van der Waals surface area (Å²) in [5.74, 6) is -1.60. The highest BCUT2D eigenvalue weighted by molar-refractivity contribution is 6.37. The fourth-order valence-corrected chi connectivity index (χ4v) is 12.5. The standard InChI is InChI=1S/C59H70Cl2FN7O9/c1-76-50-15-11-40(32-49(50)69-29-22-52(70)66-59(69)75)58(74)68-27-20-39(21-28-68)57(73)67-25-18-36(19-26-67)17-24-64-56(72)38-9-12-41(13-10-38)65-35-46(37-6-3-2-4-7-37)44-33-45(48(61)34-47(44)60)53-43(55(63)71)14-16-51(54(53)62)78-31-23-42-8-5-30-77-42/h2-4,6-7,11,14-16,32-34,36,38-39,41-42,46,65H,5,8-10,12-13,17-31,35H2,1H3,(H2,63,71)(H,64,72)(H,66,70,75). The maximum atomic E-state index is 16.5. The summed E-state index contributed by atoms with van der Waals surface area (Å²) in [6.45, 7) is 4.43. The summed E-state index contributed by atoms with van der Waals surface area (Å²) in [5, 5.41) is 9.83. The van der Waals surface area contributed by atoms with Gasteiger partial charge in [0.25, 0.3) is 5.91 Å². The van der Waals surface area contributed by atoms with Crippen molar-refractivity contribution in [2.75, 3.05) is 71.0 Å². The molecular weight excluding hydrogens is 1040 g/mol. The molecule has 5 fully saturated rings. The lowest BCUT2D eigenvalue weighted by Gasteiger charge is -2.37. The van der Waals surface area contributed by atoms with Crippen LogP contribution in [0.1, 0.15) is 121 Å². The Hall–Kier alpha value is -6.27. The highest BCUT2D eigenvalue weighted by atomic mass is 35.5. The molecule has 5 N–H and O–H groups in total. The Morgan fingerprint density at radius 2 is 1.55 bits per heavy atom. The molecule has 1 saturated carbocycles. The summed E-state index contributed by atoms with van der Waals surface area (Å²) in [5.41, 5.74) is 8.50. The summed E-state index contributed by atoms with van der Waals surface area (Å²) in [6.07, 6.45) is 9.55. The fraction of sp³-hybridized carbons (Fsp3) is 0.492. The molecule has 7 amide bonds. The molecule has 16 nitrogen and oxygen atoms in total. The van der Waals surface area contributed by atoms with Crippen LogP contribution in [0.2, 0.25) is 10.0 Å². The lowest BCUT2D eigenvalue weighted by molar-refractivity contribution is -0.138. The maximum Gasteiger partial charge on any atom is 0.328 e. The first-order chi connectivity index (χ1) is 37.8. The van der Waals surface area contributed by atoms with Crippen molar-refractivity contribution in [3.05, 3.63) is 111 Å². The summed E-state index contributed by atoms with van der Waals surface area (Å²) in [4.78, 5) is 83.0.